The summed E-state index contributed by atoms with van der Waals surface area (Å²) in [6, 6.07) is 5.68. The number of urea groups is 1. The Hall–Kier alpha value is -2.77. The third-order valence-corrected chi connectivity index (χ3v) is 5.29. The second-order valence-corrected chi connectivity index (χ2v) is 7.10. The number of aromatic nitrogens is 4. The molecule has 8 nitrogen and oxygen atoms in total. The van der Waals surface area contributed by atoms with Crippen molar-refractivity contribution in [2.75, 3.05) is 0 Å². The summed E-state index contributed by atoms with van der Waals surface area (Å²) in [5, 5.41) is 14.4. The number of tetrazole rings is 1. The monoisotopic (exact) mass is 354 g/mol. The summed E-state index contributed by atoms with van der Waals surface area (Å²) in [6.07, 6.45) is 4.11. The standard InChI is InChI=1S/C18H22N6O2/c1-3-9-24-15(20-21-22-24)11-23-16(25)18(2,19-17(23)26)14-8-7-12-5-4-6-13(12)10-14/h7-8,10H,3-6,9,11H2,1-2H3,(H,19,26)/t18-/m0/s1. The van der Waals surface area contributed by atoms with E-state index in [-0.39, 0.29) is 12.5 Å². The number of fused-ring (bicyclic) bond motifs is 1. The number of rotatable bonds is 5. The van der Waals surface area contributed by atoms with Crippen molar-refractivity contribution >= 4 is 11.9 Å². The summed E-state index contributed by atoms with van der Waals surface area (Å²) in [7, 11) is 0. The summed E-state index contributed by atoms with van der Waals surface area (Å²) in [4.78, 5) is 26.8. The second kappa shape index (κ2) is 6.19. The van der Waals surface area contributed by atoms with E-state index in [1.165, 1.54) is 16.0 Å². The molecule has 4 rings (SSSR count). The average molecular weight is 354 g/mol. The Balaban J connectivity index is 1.61. The normalized spacial score (nSPS) is 22.0. The van der Waals surface area contributed by atoms with Gasteiger partial charge in [-0.1, -0.05) is 25.1 Å². The van der Waals surface area contributed by atoms with Crippen molar-refractivity contribution in [1.29, 1.82) is 0 Å². The van der Waals surface area contributed by atoms with Gasteiger partial charge in [0.2, 0.25) is 0 Å². The number of aryl methyl sites for hydroxylation is 3. The highest BCUT2D eigenvalue weighted by atomic mass is 16.2. The molecule has 26 heavy (non-hydrogen) atoms. The molecule has 3 amide bonds. The van der Waals surface area contributed by atoms with Crippen LogP contribution >= 0.6 is 0 Å². The van der Waals surface area contributed by atoms with Crippen LogP contribution in [0.2, 0.25) is 0 Å². The molecule has 1 fully saturated rings. The van der Waals surface area contributed by atoms with Crippen LogP contribution in [0.25, 0.3) is 0 Å². The van der Waals surface area contributed by atoms with Crippen molar-refractivity contribution in [3.8, 4) is 0 Å². The fourth-order valence-corrected chi connectivity index (χ4v) is 3.78. The average Bonchev–Trinajstić information content (AvgIpc) is 3.31. The number of hydrogen-bond acceptors (Lipinski definition) is 5. The molecule has 0 unspecified atom stereocenters. The van der Waals surface area contributed by atoms with E-state index in [1.54, 1.807) is 11.6 Å². The predicted octanol–water partition coefficient (Wildman–Crippen LogP) is 1.54. The molecule has 1 aromatic carbocycles. The van der Waals surface area contributed by atoms with Gasteiger partial charge in [0.25, 0.3) is 5.91 Å². The molecule has 1 atom stereocenters. The molecular formula is C18H22N6O2. The first-order valence-corrected chi connectivity index (χ1v) is 9.04. The zero-order valence-electron chi connectivity index (χ0n) is 15.0. The molecule has 1 N–H and O–H groups in total. The van der Waals surface area contributed by atoms with Gasteiger partial charge in [-0.05, 0) is 59.7 Å². The minimum Gasteiger partial charge on any atom is -0.319 e. The fourth-order valence-electron chi connectivity index (χ4n) is 3.78. The molecule has 0 radical (unpaired) electrons. The quantitative estimate of drug-likeness (QED) is 0.822. The van der Waals surface area contributed by atoms with Crippen molar-refractivity contribution in [3.05, 3.63) is 40.7 Å². The zero-order chi connectivity index (χ0) is 18.3. The Morgan fingerprint density at radius 2 is 2.04 bits per heavy atom. The third kappa shape index (κ3) is 2.56. The van der Waals surface area contributed by atoms with Gasteiger partial charge in [0.1, 0.15) is 5.54 Å². The molecular weight excluding hydrogens is 332 g/mol. The molecule has 1 saturated heterocycles. The van der Waals surface area contributed by atoms with E-state index in [4.69, 9.17) is 0 Å². The summed E-state index contributed by atoms with van der Waals surface area (Å²) < 4.78 is 1.63. The number of benzene rings is 1. The molecule has 0 saturated carbocycles. The first-order chi connectivity index (χ1) is 12.5. The summed E-state index contributed by atoms with van der Waals surface area (Å²) in [6.45, 7) is 4.50. The van der Waals surface area contributed by atoms with Crippen LogP contribution in [0.3, 0.4) is 0 Å². The molecule has 1 aliphatic heterocycles. The van der Waals surface area contributed by atoms with Gasteiger partial charge < -0.3 is 5.32 Å². The van der Waals surface area contributed by atoms with Crippen molar-refractivity contribution < 1.29 is 9.59 Å². The molecule has 0 spiro atoms. The Bertz CT molecular complexity index is 876. The van der Waals surface area contributed by atoms with Gasteiger partial charge in [-0.15, -0.1) is 5.10 Å². The predicted molar refractivity (Wildman–Crippen MR) is 93.0 cm³/mol. The topological polar surface area (TPSA) is 93.0 Å². The maximum Gasteiger partial charge on any atom is 0.325 e. The van der Waals surface area contributed by atoms with Crippen LogP contribution in [0.15, 0.2) is 18.2 Å². The van der Waals surface area contributed by atoms with Crippen molar-refractivity contribution in [2.45, 2.75) is 58.2 Å². The first-order valence-electron chi connectivity index (χ1n) is 9.04. The number of imide groups is 1. The summed E-state index contributed by atoms with van der Waals surface area (Å²) >= 11 is 0. The number of carbonyl (C=O) groups is 2. The lowest BCUT2D eigenvalue weighted by molar-refractivity contribution is -0.131. The summed E-state index contributed by atoms with van der Waals surface area (Å²) in [5.74, 6) is 0.236. The molecule has 2 heterocycles. The highest BCUT2D eigenvalue weighted by Crippen LogP contribution is 2.33. The van der Waals surface area contributed by atoms with Gasteiger partial charge in [0, 0.05) is 6.54 Å². The summed E-state index contributed by atoms with van der Waals surface area (Å²) in [5.41, 5.74) is 2.38. The number of nitrogens with zero attached hydrogens (tertiary/aromatic N) is 5. The highest BCUT2D eigenvalue weighted by Gasteiger charge is 2.49. The molecule has 0 bridgehead atoms. The van der Waals surface area contributed by atoms with Gasteiger partial charge in [0.15, 0.2) is 5.82 Å². The lowest BCUT2D eigenvalue weighted by Crippen LogP contribution is -2.41. The van der Waals surface area contributed by atoms with Gasteiger partial charge in [-0.25, -0.2) is 9.48 Å². The first kappa shape index (κ1) is 16.7. The third-order valence-electron chi connectivity index (χ3n) is 5.29. The second-order valence-electron chi connectivity index (χ2n) is 7.10. The lowest BCUT2D eigenvalue weighted by Gasteiger charge is -2.23. The van der Waals surface area contributed by atoms with E-state index in [0.717, 1.165) is 31.2 Å². The lowest BCUT2D eigenvalue weighted by atomic mass is 9.89. The molecule has 2 aliphatic rings. The Kier molecular flexibility index (Phi) is 3.97. The van der Waals surface area contributed by atoms with Crippen LogP contribution in [0.1, 0.15) is 49.2 Å². The Morgan fingerprint density at radius 1 is 1.23 bits per heavy atom. The van der Waals surface area contributed by atoms with E-state index in [0.29, 0.717) is 12.4 Å². The van der Waals surface area contributed by atoms with Crippen LogP contribution in [0, 0.1) is 0 Å². The highest BCUT2D eigenvalue weighted by molar-refractivity contribution is 6.07. The maximum atomic E-state index is 13.1. The number of amides is 3. The van der Waals surface area contributed by atoms with Crippen molar-refractivity contribution in [1.82, 2.24) is 30.4 Å². The minimum atomic E-state index is -1.06. The molecule has 1 aromatic heterocycles. The van der Waals surface area contributed by atoms with E-state index in [2.05, 4.69) is 33.0 Å². The van der Waals surface area contributed by atoms with Gasteiger partial charge in [-0.2, -0.15) is 0 Å². The van der Waals surface area contributed by atoms with Crippen LogP contribution in [0.5, 0.6) is 0 Å². The van der Waals surface area contributed by atoms with E-state index in [9.17, 15) is 9.59 Å². The van der Waals surface area contributed by atoms with Crippen molar-refractivity contribution in [2.24, 2.45) is 0 Å². The van der Waals surface area contributed by atoms with Crippen LogP contribution < -0.4 is 5.32 Å². The van der Waals surface area contributed by atoms with E-state index >= 15 is 0 Å². The number of carbonyl (C=O) groups excluding carboxylic acids is 2. The van der Waals surface area contributed by atoms with Crippen LogP contribution in [0.4, 0.5) is 4.79 Å². The van der Waals surface area contributed by atoms with Gasteiger partial charge >= 0.3 is 6.03 Å². The van der Waals surface area contributed by atoms with E-state index in [1.807, 2.05) is 13.0 Å². The smallest absolute Gasteiger partial charge is 0.319 e. The largest absolute Gasteiger partial charge is 0.325 e. The van der Waals surface area contributed by atoms with E-state index < -0.39 is 11.6 Å². The molecule has 136 valence electrons. The van der Waals surface area contributed by atoms with Crippen molar-refractivity contribution in [3.63, 3.8) is 0 Å². The SMILES string of the molecule is CCCn1nnnc1CN1C(=O)N[C@@](C)(c2ccc3c(c2)CCC3)C1=O. The molecule has 2 aromatic rings. The minimum absolute atomic E-state index is 0.0677. The van der Waals surface area contributed by atoms with Crippen LogP contribution in [-0.2, 0) is 36.3 Å². The van der Waals surface area contributed by atoms with Crippen LogP contribution in [-0.4, -0.2) is 37.0 Å². The van der Waals surface area contributed by atoms with Gasteiger partial charge in [-0.3, -0.25) is 9.69 Å². The zero-order valence-corrected chi connectivity index (χ0v) is 15.0. The molecule has 8 heteroatoms. The van der Waals surface area contributed by atoms with Gasteiger partial charge in [0.05, 0.1) is 6.54 Å². The fraction of sp³-hybridized carbons (Fsp3) is 0.500. The Morgan fingerprint density at radius 3 is 2.85 bits per heavy atom. The number of hydrogen-bond donors (Lipinski definition) is 1. The number of nitrogens with one attached hydrogen (secondary N) is 1. The Labute approximate surface area is 151 Å². The molecule has 1 aliphatic carbocycles. The maximum absolute atomic E-state index is 13.1.